The number of piperidine rings is 3. The van der Waals surface area contributed by atoms with Gasteiger partial charge in [-0.05, 0) is 117 Å². The molecule has 11 rings (SSSR count). The van der Waals surface area contributed by atoms with E-state index in [4.69, 9.17) is 25.7 Å². The van der Waals surface area contributed by atoms with E-state index in [9.17, 15) is 28.2 Å². The predicted octanol–water partition coefficient (Wildman–Crippen LogP) is 9.41. The van der Waals surface area contributed by atoms with Crippen molar-refractivity contribution in [1.82, 2.24) is 14.6 Å². The number of aldehydes is 3. The Hall–Kier alpha value is -6.20. The zero-order valence-corrected chi connectivity index (χ0v) is 41.7. The van der Waals surface area contributed by atoms with Gasteiger partial charge in [-0.2, -0.15) is 4.98 Å². The molecular weight excluding hydrogens is 948 g/mol. The number of carbonyl (C=O) groups is 5. The molecule has 5 aliphatic rings. The maximum absolute atomic E-state index is 14.6. The predicted molar refractivity (Wildman–Crippen MR) is 275 cm³/mol. The number of hydrogen-bond donors (Lipinski definition) is 2. The Morgan fingerprint density at radius 3 is 2.56 bits per heavy atom. The monoisotopic (exact) mass is 1000 g/mol. The maximum atomic E-state index is 14.6. The number of nitrogens with one attached hydrogen (secondary N) is 2. The average Bonchev–Trinajstić information content (AvgIpc) is 3.92. The van der Waals surface area contributed by atoms with Crippen LogP contribution in [0.5, 0.6) is 5.75 Å². The first-order chi connectivity index (χ1) is 33.7. The number of hydrogen-bond acceptors (Lipinski definition) is 13. The van der Waals surface area contributed by atoms with Gasteiger partial charge in [0.05, 0.1) is 22.2 Å². The number of imide groups is 1. The summed E-state index contributed by atoms with van der Waals surface area (Å²) >= 11 is 7.90. The van der Waals surface area contributed by atoms with Crippen molar-refractivity contribution in [3.05, 3.63) is 111 Å². The van der Waals surface area contributed by atoms with Gasteiger partial charge in [0.15, 0.2) is 30.2 Å². The zero-order valence-electron chi connectivity index (χ0n) is 39.3. The van der Waals surface area contributed by atoms with Crippen LogP contribution in [0.3, 0.4) is 0 Å². The second kappa shape index (κ2) is 18.9. The van der Waals surface area contributed by atoms with Crippen LogP contribution in [0.25, 0.3) is 32.3 Å². The normalized spacial score (nSPS) is 21.9. The number of benzene rings is 4. The Morgan fingerprint density at radius 2 is 1.81 bits per heavy atom. The number of oxazole rings is 1. The van der Waals surface area contributed by atoms with Crippen molar-refractivity contribution in [2.75, 3.05) is 41.9 Å². The lowest BCUT2D eigenvalue weighted by Crippen LogP contribution is -2.68. The Bertz CT molecular complexity index is 3160. The fourth-order valence-electron chi connectivity index (χ4n) is 11.4. The minimum atomic E-state index is -1.38. The molecule has 0 spiro atoms. The summed E-state index contributed by atoms with van der Waals surface area (Å²) in [5.74, 6) is 0.145. The van der Waals surface area contributed by atoms with Gasteiger partial charge in [-0.25, -0.2) is 8.51 Å². The molecule has 3 fully saturated rings. The second-order valence-electron chi connectivity index (χ2n) is 19.4. The first kappa shape index (κ1) is 47.5. The molecular formula is C53H53ClN6O8S2. The van der Waals surface area contributed by atoms with Gasteiger partial charge in [-0.15, -0.1) is 11.3 Å². The van der Waals surface area contributed by atoms with Gasteiger partial charge in [0.1, 0.15) is 39.1 Å². The number of amides is 2. The molecule has 2 amide bonds. The van der Waals surface area contributed by atoms with Crippen molar-refractivity contribution >= 4 is 104 Å². The molecule has 2 N–H and O–H groups in total. The van der Waals surface area contributed by atoms with E-state index >= 15 is 0 Å². The summed E-state index contributed by atoms with van der Waals surface area (Å²) in [7, 11) is 0.466. The zero-order chi connectivity index (χ0) is 49.1. The van der Waals surface area contributed by atoms with E-state index in [1.165, 1.54) is 16.9 Å². The van der Waals surface area contributed by atoms with Crippen molar-refractivity contribution in [2.24, 2.45) is 0 Å². The Labute approximate surface area is 417 Å². The smallest absolute Gasteiger partial charge is 0.298 e. The van der Waals surface area contributed by atoms with Gasteiger partial charge >= 0.3 is 0 Å². The number of rotatable bonds is 15. The molecule has 2 bridgehead atoms. The lowest BCUT2D eigenvalue weighted by Gasteiger charge is -2.60. The molecule has 70 heavy (non-hydrogen) atoms. The van der Waals surface area contributed by atoms with Gasteiger partial charge in [0.2, 0.25) is 11.8 Å². The second-order valence-corrected chi connectivity index (χ2v) is 22.1. The lowest BCUT2D eigenvalue weighted by atomic mass is 9.68. The van der Waals surface area contributed by atoms with Crippen molar-refractivity contribution in [3.63, 3.8) is 0 Å². The highest BCUT2D eigenvalue weighted by Crippen LogP contribution is 2.51. The molecule has 14 nitrogen and oxygen atoms in total. The quantitative estimate of drug-likeness (QED) is 0.0568. The van der Waals surface area contributed by atoms with Crippen molar-refractivity contribution in [1.29, 1.82) is 0 Å². The highest BCUT2D eigenvalue weighted by Gasteiger charge is 2.55. The third kappa shape index (κ3) is 8.51. The minimum absolute atomic E-state index is 0.0165. The molecule has 4 aliphatic heterocycles. The summed E-state index contributed by atoms with van der Waals surface area (Å²) in [6, 6.07) is 23.6. The Balaban J connectivity index is 0.807. The van der Waals surface area contributed by atoms with Crippen LogP contribution in [0.1, 0.15) is 96.4 Å². The molecule has 0 saturated carbocycles. The van der Waals surface area contributed by atoms with E-state index in [1.807, 2.05) is 72.6 Å². The molecule has 362 valence electrons. The largest absolute Gasteiger partial charge is 0.483 e. The highest BCUT2D eigenvalue weighted by molar-refractivity contribution is 7.81. The molecule has 2 aromatic heterocycles. The van der Waals surface area contributed by atoms with Crippen molar-refractivity contribution < 1.29 is 37.3 Å². The third-order valence-corrected chi connectivity index (χ3v) is 18.1. The standard InChI is InChI=1S/C53H53ClN6O8S2/c1-52(2)38-17-20-53(3,27-40(38)55-35-9-5-7-33(26-35)49-47(54)48(67-24-23-61)44(29-63)69-49)60(52)70(66)30-31-11-15-43-39(25-31)56-51(68-43)59-21-18-32(19-22-59)36-12-13-41(46-34(28-62)8-6-10-37(36)46)58(4)42-14-16-45(64)57-50(42)65/h5-13,15,17,23,25-26,28-29,32,40,42,55H,14,16,18-22,24,27,30H2,1-4H3,(H,57,64,65). The van der Waals surface area contributed by atoms with Crippen LogP contribution in [-0.4, -0.2) is 94.1 Å². The number of likely N-dealkylation sites (N-methyl/N-ethyl adjacent to an activating group) is 1. The number of carbonyl (C=O) groups excluding carboxylic acids is 5. The number of nitrogens with zero attached hydrogens (tertiary/aromatic N) is 4. The van der Waals surface area contributed by atoms with Crippen LogP contribution in [0.15, 0.2) is 88.9 Å². The van der Waals surface area contributed by atoms with E-state index in [0.29, 0.717) is 75.3 Å². The number of ether oxygens (including phenoxy) is 1. The summed E-state index contributed by atoms with van der Waals surface area (Å²) in [4.78, 5) is 69.9. The summed E-state index contributed by atoms with van der Waals surface area (Å²) in [5.41, 5.74) is 6.71. The van der Waals surface area contributed by atoms with Crippen LogP contribution >= 0.6 is 22.9 Å². The molecule has 1 aliphatic carbocycles. The lowest BCUT2D eigenvalue weighted by molar-refractivity contribution is -0.134. The van der Waals surface area contributed by atoms with Gasteiger partial charge in [0, 0.05) is 54.4 Å². The molecule has 6 heterocycles. The number of aromatic nitrogens is 1. The first-order valence-electron chi connectivity index (χ1n) is 23.5. The Kier molecular flexibility index (Phi) is 12.8. The summed E-state index contributed by atoms with van der Waals surface area (Å²) < 4.78 is 28.6. The van der Waals surface area contributed by atoms with Gasteiger partial charge < -0.3 is 24.3 Å². The molecule has 4 unspecified atom stereocenters. The summed E-state index contributed by atoms with van der Waals surface area (Å²) in [5, 5.41) is 8.29. The number of thiophene rings is 1. The first-order valence-corrected chi connectivity index (χ1v) is 26.0. The molecule has 0 radical (unpaired) electrons. The van der Waals surface area contributed by atoms with E-state index < -0.39 is 28.1 Å². The molecule has 4 atom stereocenters. The van der Waals surface area contributed by atoms with Crippen LogP contribution in [-0.2, 0) is 31.1 Å². The van der Waals surface area contributed by atoms with Gasteiger partial charge in [-0.1, -0.05) is 60.1 Å². The summed E-state index contributed by atoms with van der Waals surface area (Å²) in [6.07, 6.45) is 8.31. The average molecular weight is 1000 g/mol. The highest BCUT2D eigenvalue weighted by atomic mass is 35.5. The summed E-state index contributed by atoms with van der Waals surface area (Å²) in [6.45, 7) is 7.70. The van der Waals surface area contributed by atoms with Gasteiger partial charge in [-0.3, -0.25) is 29.3 Å². The van der Waals surface area contributed by atoms with E-state index in [-0.39, 0.29) is 42.6 Å². The molecule has 6 aromatic rings. The van der Waals surface area contributed by atoms with E-state index in [0.717, 1.165) is 70.8 Å². The van der Waals surface area contributed by atoms with Gasteiger partial charge in [0.25, 0.3) is 6.01 Å². The fraction of sp³-hybridized carbons (Fsp3) is 0.358. The Morgan fingerprint density at radius 1 is 1.01 bits per heavy atom. The van der Waals surface area contributed by atoms with E-state index in [1.54, 1.807) is 6.07 Å². The maximum Gasteiger partial charge on any atom is 0.298 e. The molecule has 3 saturated heterocycles. The molecule has 4 aromatic carbocycles. The van der Waals surface area contributed by atoms with Crippen molar-refractivity contribution in [2.45, 2.75) is 94.1 Å². The third-order valence-electron chi connectivity index (χ3n) is 14.6. The van der Waals surface area contributed by atoms with Crippen LogP contribution in [0.2, 0.25) is 5.02 Å². The topological polar surface area (TPSA) is 171 Å². The van der Waals surface area contributed by atoms with E-state index in [2.05, 4.69) is 52.8 Å². The fourth-order valence-corrected chi connectivity index (χ4v) is 14.7. The van der Waals surface area contributed by atoms with Crippen LogP contribution in [0.4, 0.5) is 17.4 Å². The van der Waals surface area contributed by atoms with Crippen molar-refractivity contribution in [3.8, 4) is 16.2 Å². The minimum Gasteiger partial charge on any atom is -0.483 e. The van der Waals surface area contributed by atoms with Crippen LogP contribution in [0, 0.1) is 0 Å². The number of halogens is 1. The number of anilines is 3. The SMILES string of the molecule is CN(c1ccc(C2CCN(c3nc4cc(CS(=O)N5C6(C)CC=C(C(Nc7cccc(-c8sc(C=O)c(OCC=O)c8Cl)c7)C6)C5(C)C)ccc4o3)CC2)c2cccc(C=O)c12)C1CCC(=O)NC1=O. The van der Waals surface area contributed by atoms with Crippen LogP contribution < -0.4 is 25.2 Å². The molecule has 17 heteroatoms. The number of fused-ring (bicyclic) bond motifs is 5.